The van der Waals surface area contributed by atoms with Crippen LogP contribution in [0.3, 0.4) is 0 Å². The van der Waals surface area contributed by atoms with Crippen LogP contribution >= 0.6 is 0 Å². The van der Waals surface area contributed by atoms with Gasteiger partial charge in [-0.05, 0) is 33.1 Å². The van der Waals surface area contributed by atoms with Crippen LogP contribution < -0.4 is 11.1 Å². The third-order valence-corrected chi connectivity index (χ3v) is 2.57. The SMILES string of the molecule is CC(C)(N)CCc1nc(C(=O)NC2CC2)no1. The maximum atomic E-state index is 11.6. The Bertz CT molecular complexity index is 404. The monoisotopic (exact) mass is 238 g/mol. The summed E-state index contributed by atoms with van der Waals surface area (Å²) >= 11 is 0. The second-order valence-corrected chi connectivity index (χ2v) is 5.25. The van der Waals surface area contributed by atoms with Gasteiger partial charge in [-0.3, -0.25) is 4.79 Å². The molecule has 1 aliphatic rings. The van der Waals surface area contributed by atoms with Crippen molar-refractivity contribution >= 4 is 5.91 Å². The van der Waals surface area contributed by atoms with E-state index in [9.17, 15) is 4.79 Å². The molecule has 1 aliphatic carbocycles. The van der Waals surface area contributed by atoms with Crippen LogP contribution in [0.15, 0.2) is 4.52 Å². The molecule has 3 N–H and O–H groups in total. The van der Waals surface area contributed by atoms with Crippen molar-refractivity contribution in [2.75, 3.05) is 0 Å². The first kappa shape index (κ1) is 12.0. The Labute approximate surface area is 99.9 Å². The number of nitrogens with one attached hydrogen (secondary N) is 1. The molecule has 1 aromatic heterocycles. The van der Waals surface area contributed by atoms with Crippen molar-refractivity contribution in [3.8, 4) is 0 Å². The molecular weight excluding hydrogens is 220 g/mol. The standard InChI is InChI=1S/C11H18N4O2/c1-11(2,12)6-5-8-14-9(15-17-8)10(16)13-7-3-4-7/h7H,3-6,12H2,1-2H3,(H,13,16). The van der Waals surface area contributed by atoms with Gasteiger partial charge in [0, 0.05) is 18.0 Å². The van der Waals surface area contributed by atoms with E-state index in [1.54, 1.807) is 0 Å². The lowest BCUT2D eigenvalue weighted by atomic mass is 10.0. The zero-order chi connectivity index (χ0) is 12.5. The van der Waals surface area contributed by atoms with Gasteiger partial charge in [0.15, 0.2) is 0 Å². The van der Waals surface area contributed by atoms with E-state index in [-0.39, 0.29) is 17.3 Å². The average Bonchev–Trinajstić information content (AvgIpc) is 2.91. The molecule has 0 atom stereocenters. The van der Waals surface area contributed by atoms with Crippen molar-refractivity contribution in [3.05, 3.63) is 11.7 Å². The van der Waals surface area contributed by atoms with Gasteiger partial charge in [-0.15, -0.1) is 0 Å². The third-order valence-electron chi connectivity index (χ3n) is 2.57. The molecule has 1 amide bonds. The molecule has 6 heteroatoms. The number of aromatic nitrogens is 2. The number of hydrogen-bond acceptors (Lipinski definition) is 5. The van der Waals surface area contributed by atoms with E-state index in [4.69, 9.17) is 10.3 Å². The highest BCUT2D eigenvalue weighted by molar-refractivity contribution is 5.90. The molecular formula is C11H18N4O2. The van der Waals surface area contributed by atoms with Crippen molar-refractivity contribution in [3.63, 3.8) is 0 Å². The molecule has 0 aromatic carbocycles. The Morgan fingerprint density at radius 1 is 1.59 bits per heavy atom. The van der Waals surface area contributed by atoms with Crippen LogP contribution in [0.1, 0.15) is 49.6 Å². The highest BCUT2D eigenvalue weighted by Gasteiger charge is 2.26. The molecule has 0 saturated heterocycles. The van der Waals surface area contributed by atoms with Crippen LogP contribution in [0.25, 0.3) is 0 Å². The van der Waals surface area contributed by atoms with E-state index >= 15 is 0 Å². The Morgan fingerprint density at radius 2 is 2.29 bits per heavy atom. The molecule has 1 aromatic rings. The van der Waals surface area contributed by atoms with Crippen molar-refractivity contribution in [1.82, 2.24) is 15.5 Å². The first-order valence-electron chi connectivity index (χ1n) is 5.86. The Hall–Kier alpha value is -1.43. The topological polar surface area (TPSA) is 94.0 Å². The summed E-state index contributed by atoms with van der Waals surface area (Å²) < 4.78 is 5.01. The zero-order valence-electron chi connectivity index (χ0n) is 10.2. The summed E-state index contributed by atoms with van der Waals surface area (Å²) in [7, 11) is 0. The van der Waals surface area contributed by atoms with Crippen LogP contribution in [-0.2, 0) is 6.42 Å². The third kappa shape index (κ3) is 3.81. The highest BCUT2D eigenvalue weighted by Crippen LogP contribution is 2.19. The molecule has 6 nitrogen and oxygen atoms in total. The lowest BCUT2D eigenvalue weighted by molar-refractivity contribution is 0.0937. The largest absolute Gasteiger partial charge is 0.346 e. The zero-order valence-corrected chi connectivity index (χ0v) is 10.2. The Kier molecular flexibility index (Phi) is 3.15. The van der Waals surface area contributed by atoms with Crippen molar-refractivity contribution in [2.24, 2.45) is 5.73 Å². The maximum absolute atomic E-state index is 11.6. The molecule has 1 saturated carbocycles. The summed E-state index contributed by atoms with van der Waals surface area (Å²) in [6.45, 7) is 3.87. The number of carbonyl (C=O) groups is 1. The second kappa shape index (κ2) is 4.44. The predicted octanol–water partition coefficient (Wildman–Crippen LogP) is 0.632. The van der Waals surface area contributed by atoms with Gasteiger partial charge in [0.2, 0.25) is 5.89 Å². The van der Waals surface area contributed by atoms with E-state index in [0.29, 0.717) is 18.4 Å². The molecule has 1 fully saturated rings. The van der Waals surface area contributed by atoms with Gasteiger partial charge in [-0.25, -0.2) is 0 Å². The van der Waals surface area contributed by atoms with Gasteiger partial charge >= 0.3 is 0 Å². The molecule has 17 heavy (non-hydrogen) atoms. The normalized spacial score (nSPS) is 15.9. The highest BCUT2D eigenvalue weighted by atomic mass is 16.5. The lowest BCUT2D eigenvalue weighted by Gasteiger charge is -2.16. The van der Waals surface area contributed by atoms with Gasteiger partial charge in [0.05, 0.1) is 0 Å². The van der Waals surface area contributed by atoms with Gasteiger partial charge < -0.3 is 15.6 Å². The quantitative estimate of drug-likeness (QED) is 0.784. The van der Waals surface area contributed by atoms with Crippen molar-refractivity contribution < 1.29 is 9.32 Å². The first-order valence-corrected chi connectivity index (χ1v) is 5.86. The second-order valence-electron chi connectivity index (χ2n) is 5.25. The molecule has 0 unspecified atom stereocenters. The van der Waals surface area contributed by atoms with Crippen molar-refractivity contribution in [2.45, 2.75) is 51.1 Å². The van der Waals surface area contributed by atoms with E-state index < -0.39 is 0 Å². The minimum atomic E-state index is -0.273. The van der Waals surface area contributed by atoms with Crippen LogP contribution in [0.2, 0.25) is 0 Å². The summed E-state index contributed by atoms with van der Waals surface area (Å²) in [6.07, 6.45) is 3.40. The van der Waals surface area contributed by atoms with Gasteiger partial charge in [0.1, 0.15) is 0 Å². The molecule has 2 rings (SSSR count). The number of hydrogen-bond donors (Lipinski definition) is 2. The number of nitrogens with zero attached hydrogens (tertiary/aromatic N) is 2. The molecule has 0 bridgehead atoms. The molecule has 0 radical (unpaired) electrons. The summed E-state index contributed by atoms with van der Waals surface area (Å²) in [5.74, 6) is 0.320. The fourth-order valence-electron chi connectivity index (χ4n) is 1.36. The molecule has 94 valence electrons. The van der Waals surface area contributed by atoms with E-state index in [0.717, 1.165) is 19.3 Å². The van der Waals surface area contributed by atoms with E-state index in [1.807, 2.05) is 13.8 Å². The minimum absolute atomic E-state index is 0.113. The van der Waals surface area contributed by atoms with E-state index in [1.165, 1.54) is 0 Å². The van der Waals surface area contributed by atoms with Gasteiger partial charge in [0.25, 0.3) is 11.7 Å². The molecule has 0 aliphatic heterocycles. The first-order chi connectivity index (χ1) is 7.94. The summed E-state index contributed by atoms with van der Waals surface area (Å²) in [6, 6.07) is 0.299. The number of rotatable bonds is 5. The summed E-state index contributed by atoms with van der Waals surface area (Å²) in [5.41, 5.74) is 5.58. The molecule has 1 heterocycles. The van der Waals surface area contributed by atoms with Crippen LogP contribution in [0.4, 0.5) is 0 Å². The Morgan fingerprint density at radius 3 is 2.88 bits per heavy atom. The predicted molar refractivity (Wildman–Crippen MR) is 61.4 cm³/mol. The average molecular weight is 238 g/mol. The maximum Gasteiger partial charge on any atom is 0.292 e. The fourth-order valence-corrected chi connectivity index (χ4v) is 1.36. The number of carbonyl (C=O) groups excluding carboxylic acids is 1. The summed E-state index contributed by atoms with van der Waals surface area (Å²) in [5, 5.41) is 6.47. The van der Waals surface area contributed by atoms with Gasteiger partial charge in [-0.1, -0.05) is 5.16 Å². The lowest BCUT2D eigenvalue weighted by Crippen LogP contribution is -2.32. The smallest absolute Gasteiger partial charge is 0.292 e. The van der Waals surface area contributed by atoms with Gasteiger partial charge in [-0.2, -0.15) is 4.98 Å². The van der Waals surface area contributed by atoms with E-state index in [2.05, 4.69) is 15.5 Å². The van der Waals surface area contributed by atoms with Crippen LogP contribution in [-0.4, -0.2) is 27.6 Å². The number of nitrogens with two attached hydrogens (primary N) is 1. The minimum Gasteiger partial charge on any atom is -0.346 e. The number of amides is 1. The van der Waals surface area contributed by atoms with Crippen molar-refractivity contribution in [1.29, 1.82) is 0 Å². The van der Waals surface area contributed by atoms with Crippen LogP contribution in [0.5, 0.6) is 0 Å². The Balaban J connectivity index is 1.88. The molecule has 0 spiro atoms. The number of aryl methyl sites for hydroxylation is 1. The van der Waals surface area contributed by atoms with Crippen LogP contribution in [0, 0.1) is 0 Å². The fraction of sp³-hybridized carbons (Fsp3) is 0.727. The summed E-state index contributed by atoms with van der Waals surface area (Å²) in [4.78, 5) is 15.6.